The molecule has 1 atom stereocenters. The smallest absolute Gasteiger partial charge is 0.224 e. The number of rotatable bonds is 5. The topological polar surface area (TPSA) is 35.6 Å². The van der Waals surface area contributed by atoms with Gasteiger partial charge in [-0.1, -0.05) is 0 Å². The third-order valence-electron chi connectivity index (χ3n) is 4.21. The molecule has 4 heteroatoms. The van der Waals surface area contributed by atoms with Gasteiger partial charge in [0.2, 0.25) is 5.91 Å². The maximum atomic E-state index is 12.3. The van der Waals surface area contributed by atoms with Gasteiger partial charge in [0.05, 0.1) is 0 Å². The Balaban J connectivity index is 1.76. The van der Waals surface area contributed by atoms with Crippen molar-refractivity contribution in [3.8, 4) is 0 Å². The maximum Gasteiger partial charge on any atom is 0.224 e. The molecule has 1 amide bonds. The number of piperidine rings is 1. The van der Waals surface area contributed by atoms with Crippen LogP contribution in [0.15, 0.2) is 0 Å². The second-order valence-electron chi connectivity index (χ2n) is 5.48. The largest absolute Gasteiger partial charge is 0.339 e. The molecule has 2 aliphatic heterocycles. The highest BCUT2D eigenvalue weighted by Crippen LogP contribution is 2.13. The van der Waals surface area contributed by atoms with Crippen molar-refractivity contribution in [1.29, 1.82) is 0 Å². The number of amides is 1. The first-order valence-electron chi connectivity index (χ1n) is 7.54. The summed E-state index contributed by atoms with van der Waals surface area (Å²) in [5.41, 5.74) is 0. The second-order valence-corrected chi connectivity index (χ2v) is 5.48. The van der Waals surface area contributed by atoms with E-state index in [-0.39, 0.29) is 0 Å². The van der Waals surface area contributed by atoms with Crippen molar-refractivity contribution >= 4 is 5.91 Å². The molecule has 18 heavy (non-hydrogen) atoms. The Labute approximate surface area is 111 Å². The first-order valence-corrected chi connectivity index (χ1v) is 7.54. The third-order valence-corrected chi connectivity index (χ3v) is 4.21. The number of carbonyl (C=O) groups excluding carboxylic acids is 1. The van der Waals surface area contributed by atoms with Crippen LogP contribution in [0.5, 0.6) is 0 Å². The average molecular weight is 253 g/mol. The fourth-order valence-corrected chi connectivity index (χ4v) is 3.14. The molecular formula is C14H27N3O. The van der Waals surface area contributed by atoms with E-state index < -0.39 is 0 Å². The van der Waals surface area contributed by atoms with Gasteiger partial charge < -0.3 is 15.1 Å². The number of hydrogen-bond donors (Lipinski definition) is 1. The van der Waals surface area contributed by atoms with Gasteiger partial charge in [0.15, 0.2) is 0 Å². The van der Waals surface area contributed by atoms with E-state index in [1.807, 2.05) is 0 Å². The summed E-state index contributed by atoms with van der Waals surface area (Å²) in [6.45, 7) is 8.36. The summed E-state index contributed by atoms with van der Waals surface area (Å²) in [6.07, 6.45) is 5.66. The Morgan fingerprint density at radius 2 is 2.11 bits per heavy atom. The molecule has 2 fully saturated rings. The van der Waals surface area contributed by atoms with Gasteiger partial charge in [-0.25, -0.2) is 0 Å². The summed E-state index contributed by atoms with van der Waals surface area (Å²) in [5, 5.41) is 3.40. The van der Waals surface area contributed by atoms with E-state index in [0.29, 0.717) is 18.4 Å². The molecule has 1 unspecified atom stereocenters. The molecule has 4 nitrogen and oxygen atoms in total. The lowest BCUT2D eigenvalue weighted by atomic mass is 10.1. The number of likely N-dealkylation sites (N-methyl/N-ethyl adjacent to an activating group) is 1. The first kappa shape index (κ1) is 13.8. The minimum Gasteiger partial charge on any atom is -0.339 e. The minimum atomic E-state index is 0.345. The van der Waals surface area contributed by atoms with Gasteiger partial charge in [-0.15, -0.1) is 0 Å². The van der Waals surface area contributed by atoms with Crippen molar-refractivity contribution in [2.45, 2.75) is 45.1 Å². The first-order chi connectivity index (χ1) is 8.81. The van der Waals surface area contributed by atoms with Crippen molar-refractivity contribution in [2.24, 2.45) is 0 Å². The van der Waals surface area contributed by atoms with Crippen molar-refractivity contribution in [3.05, 3.63) is 0 Å². The quantitative estimate of drug-likeness (QED) is 0.796. The Hall–Kier alpha value is -0.610. The summed E-state index contributed by atoms with van der Waals surface area (Å²) >= 11 is 0. The molecule has 0 radical (unpaired) electrons. The van der Waals surface area contributed by atoms with Crippen LogP contribution < -0.4 is 5.32 Å². The summed E-state index contributed by atoms with van der Waals surface area (Å²) in [7, 11) is 0. The molecule has 104 valence electrons. The second kappa shape index (κ2) is 7.10. The zero-order valence-corrected chi connectivity index (χ0v) is 11.7. The predicted octanol–water partition coefficient (Wildman–Crippen LogP) is 1.07. The van der Waals surface area contributed by atoms with E-state index in [2.05, 4.69) is 22.0 Å². The summed E-state index contributed by atoms with van der Waals surface area (Å²) < 4.78 is 0. The van der Waals surface area contributed by atoms with Gasteiger partial charge in [0.25, 0.3) is 0 Å². The molecule has 2 aliphatic rings. The lowest BCUT2D eigenvalue weighted by Gasteiger charge is -2.34. The molecule has 0 aromatic carbocycles. The zero-order chi connectivity index (χ0) is 12.8. The van der Waals surface area contributed by atoms with E-state index >= 15 is 0 Å². The highest BCUT2D eigenvalue weighted by molar-refractivity contribution is 5.76. The lowest BCUT2D eigenvalue weighted by molar-refractivity contribution is -0.134. The minimum absolute atomic E-state index is 0.345. The molecule has 0 saturated carbocycles. The van der Waals surface area contributed by atoms with E-state index in [1.54, 1.807) is 0 Å². The van der Waals surface area contributed by atoms with Crippen LogP contribution in [0.25, 0.3) is 0 Å². The number of carbonyl (C=O) groups is 1. The standard InChI is InChI=1S/C14H27N3O/c1-2-17(13-6-5-8-15-12-13)14(18)7-11-16-9-3-4-10-16/h13,15H,2-12H2,1H3. The Morgan fingerprint density at radius 3 is 2.72 bits per heavy atom. The summed E-state index contributed by atoms with van der Waals surface area (Å²) in [4.78, 5) is 16.8. The predicted molar refractivity (Wildman–Crippen MR) is 73.6 cm³/mol. The molecule has 0 aromatic rings. The molecule has 1 N–H and O–H groups in total. The Kier molecular flexibility index (Phi) is 5.45. The van der Waals surface area contributed by atoms with Crippen LogP contribution in [-0.2, 0) is 4.79 Å². The zero-order valence-electron chi connectivity index (χ0n) is 11.7. The fourth-order valence-electron chi connectivity index (χ4n) is 3.14. The molecular weight excluding hydrogens is 226 g/mol. The summed E-state index contributed by atoms with van der Waals surface area (Å²) in [5.74, 6) is 0.345. The van der Waals surface area contributed by atoms with E-state index in [1.165, 1.54) is 32.4 Å². The van der Waals surface area contributed by atoms with Crippen molar-refractivity contribution in [1.82, 2.24) is 15.1 Å². The maximum absolute atomic E-state index is 12.3. The molecule has 2 rings (SSSR count). The van der Waals surface area contributed by atoms with Crippen LogP contribution in [0, 0.1) is 0 Å². The third kappa shape index (κ3) is 3.69. The van der Waals surface area contributed by atoms with Crippen LogP contribution >= 0.6 is 0 Å². The number of likely N-dealkylation sites (tertiary alicyclic amines) is 1. The van der Waals surface area contributed by atoms with Crippen molar-refractivity contribution < 1.29 is 4.79 Å². The Bertz CT molecular complexity index is 258. The summed E-state index contributed by atoms with van der Waals surface area (Å²) in [6, 6.07) is 0.426. The van der Waals surface area contributed by atoms with Gasteiger partial charge in [-0.05, 0) is 52.2 Å². The monoisotopic (exact) mass is 253 g/mol. The normalized spacial score (nSPS) is 25.3. The van der Waals surface area contributed by atoms with Gasteiger partial charge in [0.1, 0.15) is 0 Å². The van der Waals surface area contributed by atoms with Gasteiger partial charge >= 0.3 is 0 Å². The van der Waals surface area contributed by atoms with Gasteiger partial charge in [-0.3, -0.25) is 4.79 Å². The van der Waals surface area contributed by atoms with Crippen LogP contribution in [-0.4, -0.2) is 61.0 Å². The van der Waals surface area contributed by atoms with E-state index in [4.69, 9.17) is 0 Å². The number of hydrogen-bond acceptors (Lipinski definition) is 3. The highest BCUT2D eigenvalue weighted by Gasteiger charge is 2.24. The van der Waals surface area contributed by atoms with Crippen LogP contribution in [0.3, 0.4) is 0 Å². The number of nitrogens with zero attached hydrogens (tertiary/aromatic N) is 2. The van der Waals surface area contributed by atoms with Crippen LogP contribution in [0.4, 0.5) is 0 Å². The van der Waals surface area contributed by atoms with Crippen LogP contribution in [0.1, 0.15) is 39.0 Å². The SMILES string of the molecule is CCN(C(=O)CCN1CCCC1)C1CCCNC1. The molecule has 2 saturated heterocycles. The van der Waals surface area contributed by atoms with E-state index in [9.17, 15) is 4.79 Å². The molecule has 2 heterocycles. The van der Waals surface area contributed by atoms with Crippen molar-refractivity contribution in [3.63, 3.8) is 0 Å². The van der Waals surface area contributed by atoms with Crippen LogP contribution in [0.2, 0.25) is 0 Å². The van der Waals surface area contributed by atoms with E-state index in [0.717, 1.165) is 32.6 Å². The fraction of sp³-hybridized carbons (Fsp3) is 0.929. The molecule has 0 aromatic heterocycles. The lowest BCUT2D eigenvalue weighted by Crippen LogP contribution is -2.49. The average Bonchev–Trinajstić information content (AvgIpc) is 2.92. The highest BCUT2D eigenvalue weighted by atomic mass is 16.2. The molecule has 0 aliphatic carbocycles. The van der Waals surface area contributed by atoms with Gasteiger partial charge in [-0.2, -0.15) is 0 Å². The van der Waals surface area contributed by atoms with Gasteiger partial charge in [0, 0.05) is 32.1 Å². The molecule has 0 bridgehead atoms. The Morgan fingerprint density at radius 1 is 1.33 bits per heavy atom. The number of nitrogens with one attached hydrogen (secondary N) is 1. The molecule has 0 spiro atoms. The van der Waals surface area contributed by atoms with Crippen molar-refractivity contribution in [2.75, 3.05) is 39.3 Å².